The van der Waals surface area contributed by atoms with E-state index in [1.807, 2.05) is 6.07 Å². The summed E-state index contributed by atoms with van der Waals surface area (Å²) >= 11 is 0. The summed E-state index contributed by atoms with van der Waals surface area (Å²) in [5.41, 5.74) is 17.4. The number of furan rings is 1. The van der Waals surface area contributed by atoms with Crippen molar-refractivity contribution in [1.29, 1.82) is 0 Å². The molecule has 0 N–H and O–H groups in total. The van der Waals surface area contributed by atoms with Gasteiger partial charge in [0.05, 0.1) is 0 Å². The number of hydrogen-bond donors (Lipinski definition) is 0. The fraction of sp³-hybridized carbons (Fsp3) is 0.148. The highest BCUT2D eigenvalue weighted by molar-refractivity contribution is 6.11. The minimum atomic E-state index is -0.130. The van der Waals surface area contributed by atoms with Gasteiger partial charge in [-0.3, -0.25) is 0 Å². The smallest absolute Gasteiger partial charge is 0.136 e. The first kappa shape index (κ1) is 33.4. The Labute approximate surface area is 323 Å². The molecule has 1 heteroatoms. The lowest BCUT2D eigenvalue weighted by Gasteiger charge is -2.22. The second-order valence-corrected chi connectivity index (χ2v) is 16.3. The van der Waals surface area contributed by atoms with E-state index >= 15 is 0 Å². The quantitative estimate of drug-likeness (QED) is 0.174. The molecule has 1 aromatic heterocycles. The molecule has 2 aliphatic carbocycles. The zero-order chi connectivity index (χ0) is 37.6. The van der Waals surface area contributed by atoms with Gasteiger partial charge in [0.2, 0.25) is 0 Å². The number of benzene rings is 6. The predicted octanol–water partition coefficient (Wildman–Crippen LogP) is 13.4. The molecule has 7 aromatic carbocycles. The molecule has 0 unspecified atom stereocenters. The van der Waals surface area contributed by atoms with Gasteiger partial charge < -0.3 is 4.42 Å². The predicted molar refractivity (Wildman–Crippen MR) is 234 cm³/mol. The van der Waals surface area contributed by atoms with E-state index in [1.54, 1.807) is 0 Å². The van der Waals surface area contributed by atoms with Crippen LogP contribution in [0.3, 0.4) is 0 Å². The third kappa shape index (κ3) is 4.92. The Hall–Kier alpha value is -6.18. The Kier molecular flexibility index (Phi) is 7.39. The van der Waals surface area contributed by atoms with Crippen molar-refractivity contribution in [2.75, 3.05) is 0 Å². The van der Waals surface area contributed by atoms with Gasteiger partial charge >= 0.3 is 0 Å². The average Bonchev–Trinajstić information content (AvgIpc) is 3.75. The van der Waals surface area contributed by atoms with Gasteiger partial charge in [0.25, 0.3) is 0 Å². The van der Waals surface area contributed by atoms with Crippen LogP contribution in [0.25, 0.3) is 89.4 Å². The van der Waals surface area contributed by atoms with Crippen LogP contribution in [0.4, 0.5) is 0 Å². The van der Waals surface area contributed by atoms with E-state index in [0.717, 1.165) is 11.2 Å². The number of fused-ring (bicyclic) bond motifs is 10. The third-order valence-electron chi connectivity index (χ3n) is 12.6. The third-order valence-corrected chi connectivity index (χ3v) is 12.6. The van der Waals surface area contributed by atoms with Crippen LogP contribution in [0.1, 0.15) is 63.8 Å². The zero-order valence-corrected chi connectivity index (χ0v) is 32.4. The molecule has 1 heterocycles. The molecule has 0 saturated heterocycles. The van der Waals surface area contributed by atoms with E-state index in [4.69, 9.17) is 4.42 Å². The molecule has 1 nitrogen and oxygen atoms in total. The molecule has 2 aliphatic rings. The summed E-state index contributed by atoms with van der Waals surface area (Å²) in [4.78, 5) is 0. The molecular formula is C54H44O. The van der Waals surface area contributed by atoms with E-state index in [9.17, 15) is 0 Å². The zero-order valence-electron chi connectivity index (χ0n) is 32.4. The van der Waals surface area contributed by atoms with E-state index in [2.05, 4.69) is 193 Å². The minimum absolute atomic E-state index is 0.0699. The lowest BCUT2D eigenvalue weighted by atomic mass is 9.81. The molecule has 0 atom stereocenters. The van der Waals surface area contributed by atoms with Gasteiger partial charge in [-0.25, -0.2) is 0 Å². The maximum absolute atomic E-state index is 6.33. The van der Waals surface area contributed by atoms with Gasteiger partial charge in [-0.1, -0.05) is 143 Å². The van der Waals surface area contributed by atoms with Crippen molar-refractivity contribution >= 4 is 44.9 Å². The Morgan fingerprint density at radius 3 is 1.67 bits per heavy atom. The topological polar surface area (TPSA) is 13.1 Å². The summed E-state index contributed by atoms with van der Waals surface area (Å²) in [7, 11) is 0. The Morgan fingerprint density at radius 2 is 0.927 bits per heavy atom. The van der Waals surface area contributed by atoms with Gasteiger partial charge in [-0.05, 0) is 144 Å². The summed E-state index contributed by atoms with van der Waals surface area (Å²) in [6, 6.07) is 54.0. The van der Waals surface area contributed by atoms with Crippen LogP contribution >= 0.6 is 0 Å². The normalized spacial score (nSPS) is 15.2. The van der Waals surface area contributed by atoms with Crippen LogP contribution in [-0.2, 0) is 10.8 Å². The molecule has 55 heavy (non-hydrogen) atoms. The number of hydrogen-bond acceptors (Lipinski definition) is 1. The van der Waals surface area contributed by atoms with Gasteiger partial charge in [-0.15, -0.1) is 0 Å². The van der Waals surface area contributed by atoms with Gasteiger partial charge in [-0.2, -0.15) is 0 Å². The van der Waals surface area contributed by atoms with Crippen molar-refractivity contribution in [3.8, 4) is 44.5 Å². The fourth-order valence-corrected chi connectivity index (χ4v) is 9.78. The molecule has 0 radical (unpaired) electrons. The van der Waals surface area contributed by atoms with Crippen LogP contribution in [0.15, 0.2) is 150 Å². The first-order chi connectivity index (χ1) is 26.7. The molecule has 0 spiro atoms. The number of rotatable bonds is 2. The number of para-hydroxylation sites is 1. The van der Waals surface area contributed by atoms with E-state index < -0.39 is 0 Å². The van der Waals surface area contributed by atoms with Gasteiger partial charge in [0, 0.05) is 21.6 Å². The average molecular weight is 709 g/mol. The summed E-state index contributed by atoms with van der Waals surface area (Å²) in [6.07, 6.45) is 4.58. The van der Waals surface area contributed by atoms with Crippen molar-refractivity contribution in [1.82, 2.24) is 0 Å². The van der Waals surface area contributed by atoms with E-state index in [1.165, 1.54) is 98.7 Å². The molecule has 10 rings (SSSR count). The summed E-state index contributed by atoms with van der Waals surface area (Å²) in [5.74, 6) is 0. The second kappa shape index (κ2) is 12.2. The van der Waals surface area contributed by atoms with Crippen LogP contribution in [0.2, 0.25) is 0 Å². The SMILES string of the molecule is CC=c1c(-c2ccc3c(c2)-c2cc4cc5oc6ccccc6c5cc4cc2C3(C)C)ccccccc(-c2ccc3c(c2)C(C)(C)c2ccccc2-3)c1=CC. The highest BCUT2D eigenvalue weighted by atomic mass is 16.3. The van der Waals surface area contributed by atoms with Crippen molar-refractivity contribution in [2.24, 2.45) is 0 Å². The van der Waals surface area contributed by atoms with Crippen molar-refractivity contribution < 1.29 is 4.42 Å². The summed E-state index contributed by atoms with van der Waals surface area (Å²) < 4.78 is 6.33. The maximum atomic E-state index is 6.33. The van der Waals surface area contributed by atoms with Crippen LogP contribution in [-0.4, -0.2) is 0 Å². The Bertz CT molecular complexity index is 3110. The molecule has 0 saturated carbocycles. The molecular weight excluding hydrogens is 665 g/mol. The Morgan fingerprint density at radius 1 is 0.382 bits per heavy atom. The maximum Gasteiger partial charge on any atom is 0.136 e. The fourth-order valence-electron chi connectivity index (χ4n) is 9.78. The monoisotopic (exact) mass is 708 g/mol. The first-order valence-electron chi connectivity index (χ1n) is 19.6. The molecule has 266 valence electrons. The van der Waals surface area contributed by atoms with Crippen molar-refractivity contribution in [3.63, 3.8) is 0 Å². The lowest BCUT2D eigenvalue weighted by Crippen LogP contribution is -2.27. The van der Waals surface area contributed by atoms with Gasteiger partial charge in [0.15, 0.2) is 0 Å². The highest BCUT2D eigenvalue weighted by Crippen LogP contribution is 2.52. The van der Waals surface area contributed by atoms with Crippen LogP contribution in [0.5, 0.6) is 0 Å². The van der Waals surface area contributed by atoms with Crippen molar-refractivity contribution in [2.45, 2.75) is 52.4 Å². The first-order valence-corrected chi connectivity index (χ1v) is 19.6. The molecule has 0 aliphatic heterocycles. The largest absolute Gasteiger partial charge is 0.456 e. The van der Waals surface area contributed by atoms with Gasteiger partial charge in [0.1, 0.15) is 11.2 Å². The minimum Gasteiger partial charge on any atom is -0.456 e. The summed E-state index contributed by atoms with van der Waals surface area (Å²) in [6.45, 7) is 13.8. The van der Waals surface area contributed by atoms with E-state index in [0.29, 0.717) is 0 Å². The van der Waals surface area contributed by atoms with Crippen molar-refractivity contribution in [3.05, 3.63) is 178 Å². The Balaban J connectivity index is 1.17. The lowest BCUT2D eigenvalue weighted by molar-refractivity contribution is 0.660. The van der Waals surface area contributed by atoms with E-state index in [-0.39, 0.29) is 10.8 Å². The standard InChI is InChI=1S/C54H44O/c1-7-37-38(8-2)40(34-23-25-42-41-19-13-15-21-47(41)53(3,4)49(42)30-34)18-12-10-9-11-17-39(37)33-24-26-48-44(27-33)45-28-36-32-52-46(43-20-14-16-22-51(43)55-52)29-35(36)31-50(45)54(48,5)6/h7-32H,1-6H3. The highest BCUT2D eigenvalue weighted by Gasteiger charge is 2.37. The second-order valence-electron chi connectivity index (χ2n) is 16.3. The molecule has 0 amide bonds. The molecule has 0 fully saturated rings. The van der Waals surface area contributed by atoms with Crippen LogP contribution < -0.4 is 10.4 Å². The summed E-state index contributed by atoms with van der Waals surface area (Å²) in [5, 5.41) is 7.24. The van der Waals surface area contributed by atoms with Crippen LogP contribution in [0, 0.1) is 0 Å². The molecule has 0 bridgehead atoms. The molecule has 8 aromatic rings.